The Labute approximate surface area is 171 Å². The molecule has 0 bridgehead atoms. The molecule has 2 saturated heterocycles. The van der Waals surface area contributed by atoms with Crippen molar-refractivity contribution in [2.24, 2.45) is 0 Å². The highest BCUT2D eigenvalue weighted by Gasteiger charge is 2.52. The molecule has 6 nitrogen and oxygen atoms in total. The first kappa shape index (κ1) is 18.2. The van der Waals surface area contributed by atoms with Crippen LogP contribution < -0.4 is 10.2 Å². The fourth-order valence-corrected chi connectivity index (χ4v) is 4.82. The van der Waals surface area contributed by atoms with E-state index in [-0.39, 0.29) is 11.9 Å². The van der Waals surface area contributed by atoms with E-state index in [1.54, 1.807) is 0 Å². The average molecular weight is 390 g/mol. The number of nitrogens with zero attached hydrogens (tertiary/aromatic N) is 3. The number of benzene rings is 2. The number of carbonyl (C=O) groups is 2. The Morgan fingerprint density at radius 1 is 0.862 bits per heavy atom. The van der Waals surface area contributed by atoms with Gasteiger partial charge >= 0.3 is 6.03 Å². The number of fused-ring (bicyclic) bond motifs is 1. The molecule has 0 saturated carbocycles. The van der Waals surface area contributed by atoms with Gasteiger partial charge in [-0.1, -0.05) is 42.5 Å². The van der Waals surface area contributed by atoms with Crippen molar-refractivity contribution < 1.29 is 9.59 Å². The molecule has 1 spiro atoms. The van der Waals surface area contributed by atoms with E-state index in [1.807, 2.05) is 18.2 Å². The lowest BCUT2D eigenvalue weighted by Gasteiger charge is -2.37. The second kappa shape index (κ2) is 7.19. The number of rotatable bonds is 3. The third kappa shape index (κ3) is 3.27. The van der Waals surface area contributed by atoms with Gasteiger partial charge in [-0.25, -0.2) is 9.69 Å². The van der Waals surface area contributed by atoms with Gasteiger partial charge < -0.3 is 10.2 Å². The summed E-state index contributed by atoms with van der Waals surface area (Å²) in [5.41, 5.74) is 2.92. The van der Waals surface area contributed by atoms with Crippen molar-refractivity contribution in [2.45, 2.75) is 24.8 Å². The lowest BCUT2D eigenvalue weighted by Crippen LogP contribution is -2.53. The summed E-state index contributed by atoms with van der Waals surface area (Å²) < 4.78 is 0. The number of hydrogen-bond donors (Lipinski definition) is 1. The quantitative estimate of drug-likeness (QED) is 0.817. The Morgan fingerprint density at radius 3 is 2.31 bits per heavy atom. The molecule has 2 aromatic carbocycles. The summed E-state index contributed by atoms with van der Waals surface area (Å²) in [7, 11) is 0. The van der Waals surface area contributed by atoms with Crippen LogP contribution in [0.3, 0.4) is 0 Å². The zero-order valence-corrected chi connectivity index (χ0v) is 16.5. The minimum Gasteiger partial charge on any atom is -0.369 e. The van der Waals surface area contributed by atoms with E-state index in [9.17, 15) is 9.59 Å². The fraction of sp³-hybridized carbons (Fsp3) is 0.391. The number of imide groups is 1. The zero-order valence-electron chi connectivity index (χ0n) is 16.5. The van der Waals surface area contributed by atoms with Gasteiger partial charge in [0.25, 0.3) is 5.91 Å². The summed E-state index contributed by atoms with van der Waals surface area (Å²) in [4.78, 5) is 31.9. The van der Waals surface area contributed by atoms with E-state index in [1.165, 1.54) is 21.7 Å². The van der Waals surface area contributed by atoms with Crippen LogP contribution >= 0.6 is 0 Å². The zero-order chi connectivity index (χ0) is 19.8. The number of carbonyl (C=O) groups excluding carboxylic acids is 2. The molecule has 6 heteroatoms. The highest BCUT2D eigenvalue weighted by Crippen LogP contribution is 2.33. The predicted molar refractivity (Wildman–Crippen MR) is 112 cm³/mol. The molecule has 0 aromatic heterocycles. The third-order valence-electron chi connectivity index (χ3n) is 6.51. The van der Waals surface area contributed by atoms with Crippen molar-refractivity contribution in [3.8, 4) is 0 Å². The molecule has 2 aliphatic heterocycles. The standard InChI is InChI=1S/C23H26N4O2/c28-21-23(11-10-18-6-4-5-7-19(18)16-23)24-22(29)27(21)17-25-12-14-26(15-13-25)20-8-2-1-3-9-20/h1-9H,10-17H2,(H,24,29)/t23-/m0/s1. The first-order valence-corrected chi connectivity index (χ1v) is 10.4. The summed E-state index contributed by atoms with van der Waals surface area (Å²) in [5, 5.41) is 3.03. The van der Waals surface area contributed by atoms with E-state index in [2.05, 4.69) is 51.5 Å². The lowest BCUT2D eigenvalue weighted by molar-refractivity contribution is -0.133. The maximum Gasteiger partial charge on any atom is 0.326 e. The molecule has 1 atom stereocenters. The molecule has 2 fully saturated rings. The third-order valence-corrected chi connectivity index (χ3v) is 6.51. The fourth-order valence-electron chi connectivity index (χ4n) is 4.82. The topological polar surface area (TPSA) is 55.9 Å². The Bertz CT molecular complexity index is 923. The van der Waals surface area contributed by atoms with E-state index < -0.39 is 5.54 Å². The minimum atomic E-state index is -0.767. The monoisotopic (exact) mass is 390 g/mol. The minimum absolute atomic E-state index is 0.0671. The molecule has 0 unspecified atom stereocenters. The van der Waals surface area contributed by atoms with Crippen molar-refractivity contribution in [2.75, 3.05) is 37.7 Å². The van der Waals surface area contributed by atoms with Gasteiger partial charge in [-0.3, -0.25) is 9.69 Å². The van der Waals surface area contributed by atoms with Crippen LogP contribution in [-0.4, -0.2) is 60.1 Å². The van der Waals surface area contributed by atoms with Crippen LogP contribution in [0.1, 0.15) is 17.5 Å². The molecule has 5 rings (SSSR count). The van der Waals surface area contributed by atoms with Crippen molar-refractivity contribution in [3.63, 3.8) is 0 Å². The molecular weight excluding hydrogens is 364 g/mol. The van der Waals surface area contributed by atoms with Crippen LogP contribution in [0.15, 0.2) is 54.6 Å². The normalized spacial score (nSPS) is 24.7. The van der Waals surface area contributed by atoms with E-state index in [0.29, 0.717) is 19.5 Å². The van der Waals surface area contributed by atoms with Crippen molar-refractivity contribution in [3.05, 3.63) is 65.7 Å². The summed E-state index contributed by atoms with van der Waals surface area (Å²) in [6.07, 6.45) is 2.09. The number of para-hydroxylation sites is 1. The molecular formula is C23H26N4O2. The maximum absolute atomic E-state index is 13.3. The van der Waals surface area contributed by atoms with E-state index >= 15 is 0 Å². The molecule has 3 aliphatic rings. The van der Waals surface area contributed by atoms with Gasteiger partial charge in [0, 0.05) is 38.3 Å². The highest BCUT2D eigenvalue weighted by molar-refractivity contribution is 6.07. The van der Waals surface area contributed by atoms with Crippen LogP contribution in [0.4, 0.5) is 10.5 Å². The number of nitrogens with one attached hydrogen (secondary N) is 1. The summed E-state index contributed by atoms with van der Waals surface area (Å²) >= 11 is 0. The van der Waals surface area contributed by atoms with Crippen LogP contribution in [0.25, 0.3) is 0 Å². The van der Waals surface area contributed by atoms with Crippen LogP contribution in [-0.2, 0) is 17.6 Å². The number of hydrogen-bond acceptors (Lipinski definition) is 4. The number of amides is 3. The number of piperazine rings is 1. The van der Waals surface area contributed by atoms with Crippen molar-refractivity contribution in [1.29, 1.82) is 0 Å². The van der Waals surface area contributed by atoms with Crippen molar-refractivity contribution in [1.82, 2.24) is 15.1 Å². The smallest absolute Gasteiger partial charge is 0.326 e. The Morgan fingerprint density at radius 2 is 1.55 bits per heavy atom. The van der Waals surface area contributed by atoms with E-state index in [4.69, 9.17) is 0 Å². The van der Waals surface area contributed by atoms with Gasteiger partial charge in [0.1, 0.15) is 5.54 Å². The maximum atomic E-state index is 13.3. The van der Waals surface area contributed by atoms with Crippen molar-refractivity contribution >= 4 is 17.6 Å². The number of anilines is 1. The Hall–Kier alpha value is -2.86. The molecule has 0 radical (unpaired) electrons. The van der Waals surface area contributed by atoms with Gasteiger partial charge in [0.2, 0.25) is 0 Å². The largest absolute Gasteiger partial charge is 0.369 e. The molecule has 2 aromatic rings. The molecule has 1 aliphatic carbocycles. The van der Waals surface area contributed by atoms with Gasteiger partial charge in [-0.15, -0.1) is 0 Å². The molecule has 3 amide bonds. The average Bonchev–Trinajstić information content (AvgIpc) is 2.98. The van der Waals surface area contributed by atoms with Crippen LogP contribution in [0.2, 0.25) is 0 Å². The summed E-state index contributed by atoms with van der Waals surface area (Å²) in [6, 6.07) is 18.4. The second-order valence-electron chi connectivity index (χ2n) is 8.27. The number of aryl methyl sites for hydroxylation is 1. The first-order chi connectivity index (χ1) is 14.1. The van der Waals surface area contributed by atoms with Crippen LogP contribution in [0, 0.1) is 0 Å². The van der Waals surface area contributed by atoms with Gasteiger partial charge in [-0.05, 0) is 36.1 Å². The van der Waals surface area contributed by atoms with Gasteiger partial charge in [0.05, 0.1) is 6.67 Å². The Kier molecular flexibility index (Phi) is 4.51. The SMILES string of the molecule is O=C1N[C@]2(CCc3ccccc3C2)C(=O)N1CN1CCN(c2ccccc2)CC1. The number of urea groups is 1. The molecule has 1 N–H and O–H groups in total. The first-order valence-electron chi connectivity index (χ1n) is 10.4. The summed E-state index contributed by atoms with van der Waals surface area (Å²) in [5.74, 6) is -0.0671. The Balaban J connectivity index is 1.24. The van der Waals surface area contributed by atoms with Gasteiger partial charge in [0.15, 0.2) is 0 Å². The van der Waals surface area contributed by atoms with E-state index in [0.717, 1.165) is 32.6 Å². The molecule has 150 valence electrons. The predicted octanol–water partition coefficient (Wildman–Crippen LogP) is 2.25. The highest BCUT2D eigenvalue weighted by atomic mass is 16.2. The lowest BCUT2D eigenvalue weighted by atomic mass is 9.78. The second-order valence-corrected chi connectivity index (χ2v) is 8.27. The molecule has 2 heterocycles. The van der Waals surface area contributed by atoms with Crippen LogP contribution in [0.5, 0.6) is 0 Å². The van der Waals surface area contributed by atoms with Gasteiger partial charge in [-0.2, -0.15) is 0 Å². The summed E-state index contributed by atoms with van der Waals surface area (Å²) in [6.45, 7) is 3.83. The molecule has 29 heavy (non-hydrogen) atoms.